The molecule has 2 aromatic rings. The molecule has 3 aliphatic rings. The zero-order chi connectivity index (χ0) is 18.2. The Morgan fingerprint density at radius 1 is 0.963 bits per heavy atom. The van der Waals surface area contributed by atoms with Gasteiger partial charge in [-0.2, -0.15) is 5.10 Å². The number of nitrogens with zero attached hydrogens (tertiary/aromatic N) is 4. The number of nitrogens with one attached hydrogen (secondary N) is 1. The van der Waals surface area contributed by atoms with Gasteiger partial charge in [0.25, 0.3) is 5.56 Å². The van der Waals surface area contributed by atoms with Gasteiger partial charge >= 0.3 is 0 Å². The normalized spacial score (nSPS) is 25.0. The second-order valence-electron chi connectivity index (χ2n) is 8.36. The molecule has 2 saturated carbocycles. The summed E-state index contributed by atoms with van der Waals surface area (Å²) in [6.45, 7) is 0. The highest BCUT2D eigenvalue weighted by Gasteiger charge is 2.27. The molecule has 1 N–H and O–H groups in total. The highest BCUT2D eigenvalue weighted by Crippen LogP contribution is 2.39. The number of aryl methyl sites for hydroxylation is 2. The minimum atomic E-state index is 0.0805. The Bertz CT molecular complexity index is 880. The summed E-state index contributed by atoms with van der Waals surface area (Å²) < 4.78 is 1.77. The van der Waals surface area contributed by atoms with Crippen LogP contribution in [0.3, 0.4) is 0 Å². The molecular formula is C21H27N5O. The first kappa shape index (κ1) is 16.9. The monoisotopic (exact) mass is 365 g/mol. The van der Waals surface area contributed by atoms with Gasteiger partial charge in [-0.1, -0.05) is 0 Å². The van der Waals surface area contributed by atoms with Crippen molar-refractivity contribution in [3.63, 3.8) is 0 Å². The first-order valence-electron chi connectivity index (χ1n) is 10.5. The fourth-order valence-electron chi connectivity index (χ4n) is 4.57. The minimum Gasteiger partial charge on any atom is -0.367 e. The summed E-state index contributed by atoms with van der Waals surface area (Å²) in [5.41, 5.74) is 3.57. The average molecular weight is 365 g/mol. The van der Waals surface area contributed by atoms with Crippen molar-refractivity contribution in [2.75, 3.05) is 5.32 Å². The number of hydrogen-bond acceptors (Lipinski definition) is 5. The second kappa shape index (κ2) is 7.06. The third-order valence-corrected chi connectivity index (χ3v) is 6.31. The maximum absolute atomic E-state index is 12.5. The van der Waals surface area contributed by atoms with Crippen LogP contribution in [-0.4, -0.2) is 25.8 Å². The quantitative estimate of drug-likeness (QED) is 0.899. The first-order valence-corrected chi connectivity index (χ1v) is 10.5. The Kier molecular flexibility index (Phi) is 4.42. The Morgan fingerprint density at radius 3 is 2.59 bits per heavy atom. The lowest BCUT2D eigenvalue weighted by molar-refractivity contribution is 0.300. The fraction of sp³-hybridized carbons (Fsp3) is 0.619. The van der Waals surface area contributed by atoms with Gasteiger partial charge in [-0.3, -0.25) is 4.79 Å². The van der Waals surface area contributed by atoms with Crippen LogP contribution in [0.4, 0.5) is 5.82 Å². The van der Waals surface area contributed by atoms with Crippen LogP contribution in [0.5, 0.6) is 0 Å². The van der Waals surface area contributed by atoms with E-state index >= 15 is 0 Å². The molecule has 2 aromatic heterocycles. The standard InChI is InChI=1S/C21H27N5O/c27-21-11-15-3-1-2-4-18(15)25-26(21)17-9-7-16(8-10-17)24-20-12-19(14-5-6-14)22-13-23-20/h11-14,16-17H,1-10H2,(H,22,23,24). The van der Waals surface area contributed by atoms with Gasteiger partial charge in [-0.05, 0) is 69.8 Å². The Balaban J connectivity index is 1.24. The van der Waals surface area contributed by atoms with E-state index in [1.54, 1.807) is 11.0 Å². The van der Waals surface area contributed by atoms with Gasteiger partial charge in [0.15, 0.2) is 0 Å². The van der Waals surface area contributed by atoms with E-state index in [-0.39, 0.29) is 11.6 Å². The van der Waals surface area contributed by atoms with Crippen LogP contribution < -0.4 is 10.9 Å². The lowest BCUT2D eigenvalue weighted by Gasteiger charge is -2.30. The summed E-state index contributed by atoms with van der Waals surface area (Å²) in [6.07, 6.45) is 12.6. The Hall–Kier alpha value is -2.24. The van der Waals surface area contributed by atoms with Crippen LogP contribution in [-0.2, 0) is 12.8 Å². The number of anilines is 1. The largest absolute Gasteiger partial charge is 0.367 e. The van der Waals surface area contributed by atoms with E-state index in [9.17, 15) is 4.79 Å². The molecule has 6 nitrogen and oxygen atoms in total. The lowest BCUT2D eigenvalue weighted by Crippen LogP contribution is -2.34. The van der Waals surface area contributed by atoms with Crippen LogP contribution in [0.1, 0.15) is 80.3 Å². The van der Waals surface area contributed by atoms with Crippen LogP contribution in [0, 0.1) is 0 Å². The molecule has 0 aliphatic heterocycles. The zero-order valence-corrected chi connectivity index (χ0v) is 15.7. The summed E-state index contributed by atoms with van der Waals surface area (Å²) in [5.74, 6) is 1.59. The van der Waals surface area contributed by atoms with Crippen molar-refractivity contribution in [1.29, 1.82) is 0 Å². The molecule has 0 saturated heterocycles. The third kappa shape index (κ3) is 3.62. The van der Waals surface area contributed by atoms with Crippen LogP contribution in [0.2, 0.25) is 0 Å². The van der Waals surface area contributed by atoms with Gasteiger partial charge in [0.2, 0.25) is 0 Å². The van der Waals surface area contributed by atoms with Crippen molar-refractivity contribution in [3.8, 4) is 0 Å². The van der Waals surface area contributed by atoms with E-state index in [1.165, 1.54) is 36.9 Å². The molecule has 0 bridgehead atoms. The molecule has 27 heavy (non-hydrogen) atoms. The summed E-state index contributed by atoms with van der Waals surface area (Å²) in [7, 11) is 0. The smallest absolute Gasteiger partial charge is 0.267 e. The van der Waals surface area contributed by atoms with Crippen molar-refractivity contribution in [3.05, 3.63) is 45.8 Å². The molecular weight excluding hydrogens is 338 g/mol. The molecule has 0 spiro atoms. The SMILES string of the molecule is O=c1cc2c(nn1C1CCC(Nc3cc(C4CC4)ncn3)CC1)CCCC2. The van der Waals surface area contributed by atoms with Crippen molar-refractivity contribution in [2.45, 2.75) is 82.2 Å². The lowest BCUT2D eigenvalue weighted by atomic mass is 9.91. The van der Waals surface area contributed by atoms with Crippen LogP contribution in [0.25, 0.3) is 0 Å². The third-order valence-electron chi connectivity index (χ3n) is 6.31. The Labute approximate surface area is 159 Å². The van der Waals surface area contributed by atoms with Gasteiger partial charge in [-0.25, -0.2) is 14.6 Å². The molecule has 0 radical (unpaired) electrons. The molecule has 2 fully saturated rings. The molecule has 2 heterocycles. The molecule has 3 aliphatic carbocycles. The summed E-state index contributed by atoms with van der Waals surface area (Å²) >= 11 is 0. The number of rotatable bonds is 4. The van der Waals surface area contributed by atoms with E-state index in [0.29, 0.717) is 12.0 Å². The van der Waals surface area contributed by atoms with E-state index in [1.807, 2.05) is 6.07 Å². The molecule has 0 atom stereocenters. The van der Waals surface area contributed by atoms with Crippen LogP contribution in [0.15, 0.2) is 23.3 Å². The van der Waals surface area contributed by atoms with E-state index in [2.05, 4.69) is 21.4 Å². The van der Waals surface area contributed by atoms with Gasteiger partial charge in [-0.15, -0.1) is 0 Å². The van der Waals surface area contributed by atoms with Crippen LogP contribution >= 0.6 is 0 Å². The van der Waals surface area contributed by atoms with Crippen molar-refractivity contribution >= 4 is 5.82 Å². The predicted octanol–water partition coefficient (Wildman–Crippen LogP) is 3.39. The van der Waals surface area contributed by atoms with Crippen molar-refractivity contribution in [1.82, 2.24) is 19.7 Å². The van der Waals surface area contributed by atoms with E-state index in [4.69, 9.17) is 5.10 Å². The number of aromatic nitrogens is 4. The fourth-order valence-corrected chi connectivity index (χ4v) is 4.57. The van der Waals surface area contributed by atoms with E-state index < -0.39 is 0 Å². The zero-order valence-electron chi connectivity index (χ0n) is 15.7. The maximum atomic E-state index is 12.5. The minimum absolute atomic E-state index is 0.0805. The Morgan fingerprint density at radius 2 is 1.78 bits per heavy atom. The molecule has 0 unspecified atom stereocenters. The summed E-state index contributed by atoms with van der Waals surface area (Å²) in [6, 6.07) is 4.59. The highest BCUT2D eigenvalue weighted by molar-refractivity contribution is 5.38. The molecule has 142 valence electrons. The molecule has 0 aromatic carbocycles. The van der Waals surface area contributed by atoms with Gasteiger partial charge in [0.1, 0.15) is 12.1 Å². The molecule has 0 amide bonds. The maximum Gasteiger partial charge on any atom is 0.267 e. The van der Waals surface area contributed by atoms with Crippen molar-refractivity contribution < 1.29 is 0 Å². The second-order valence-corrected chi connectivity index (χ2v) is 8.36. The predicted molar refractivity (Wildman–Crippen MR) is 104 cm³/mol. The number of hydrogen-bond donors (Lipinski definition) is 1. The van der Waals surface area contributed by atoms with Crippen molar-refractivity contribution in [2.24, 2.45) is 0 Å². The van der Waals surface area contributed by atoms with E-state index in [0.717, 1.165) is 50.0 Å². The molecule has 5 rings (SSSR count). The topological polar surface area (TPSA) is 72.7 Å². The molecule has 6 heteroatoms. The highest BCUT2D eigenvalue weighted by atomic mass is 16.1. The van der Waals surface area contributed by atoms with Gasteiger partial charge in [0, 0.05) is 29.8 Å². The summed E-state index contributed by atoms with van der Waals surface area (Å²) in [5, 5.41) is 8.33. The first-order chi connectivity index (χ1) is 13.3. The number of fused-ring (bicyclic) bond motifs is 1. The van der Waals surface area contributed by atoms with Gasteiger partial charge < -0.3 is 5.32 Å². The van der Waals surface area contributed by atoms with Gasteiger partial charge in [0.05, 0.1) is 11.7 Å². The summed E-state index contributed by atoms with van der Waals surface area (Å²) in [4.78, 5) is 21.3. The average Bonchev–Trinajstić information content (AvgIpc) is 3.54.